The van der Waals surface area contributed by atoms with E-state index in [1.807, 2.05) is 0 Å². The molecule has 3 aromatic rings. The molecule has 0 radical (unpaired) electrons. The smallest absolute Gasteiger partial charge is 0.379 e. The fourth-order valence-corrected chi connectivity index (χ4v) is 2.90. The highest BCUT2D eigenvalue weighted by Crippen LogP contribution is 2.30. The Hall–Kier alpha value is -3.82. The number of carbonyl (C=O) groups is 3. The number of benzene rings is 2. The Bertz CT molecular complexity index is 1220. The summed E-state index contributed by atoms with van der Waals surface area (Å²) in [7, 11) is 1.41. The van der Waals surface area contributed by atoms with Crippen LogP contribution in [0.1, 0.15) is 23.0 Å². The lowest BCUT2D eigenvalue weighted by molar-refractivity contribution is -0.136. The number of nitrogens with zero attached hydrogens (tertiary/aromatic N) is 1. The number of hydrazone groups is 1. The molecule has 1 aromatic heterocycles. The third-order valence-corrected chi connectivity index (χ3v) is 5.06. The number of furan rings is 1. The fourth-order valence-electron chi connectivity index (χ4n) is 2.55. The average molecular weight is 490 g/mol. The first-order chi connectivity index (χ1) is 15.8. The zero-order valence-corrected chi connectivity index (χ0v) is 18.9. The third kappa shape index (κ3) is 5.91. The first-order valence-electron chi connectivity index (χ1n) is 9.34. The summed E-state index contributed by atoms with van der Waals surface area (Å²) < 4.78 is 15.6. The van der Waals surface area contributed by atoms with Crippen molar-refractivity contribution in [3.63, 3.8) is 0 Å². The molecule has 33 heavy (non-hydrogen) atoms. The van der Waals surface area contributed by atoms with Crippen LogP contribution >= 0.6 is 23.2 Å². The van der Waals surface area contributed by atoms with Crippen molar-refractivity contribution in [2.45, 2.75) is 6.92 Å². The van der Waals surface area contributed by atoms with Crippen LogP contribution < -0.4 is 20.2 Å². The van der Waals surface area contributed by atoms with Gasteiger partial charge in [0.25, 0.3) is 0 Å². The van der Waals surface area contributed by atoms with E-state index in [2.05, 4.69) is 15.8 Å². The van der Waals surface area contributed by atoms with E-state index in [-0.39, 0.29) is 33.0 Å². The van der Waals surface area contributed by atoms with E-state index in [9.17, 15) is 14.4 Å². The van der Waals surface area contributed by atoms with Crippen LogP contribution in [0.25, 0.3) is 0 Å². The molecule has 2 amide bonds. The van der Waals surface area contributed by atoms with Crippen molar-refractivity contribution in [1.82, 2.24) is 5.43 Å². The second-order valence-corrected chi connectivity index (χ2v) is 7.21. The second-order valence-electron chi connectivity index (χ2n) is 6.43. The third-order valence-electron chi connectivity index (χ3n) is 4.24. The van der Waals surface area contributed by atoms with Gasteiger partial charge in [-0.15, -0.1) is 0 Å². The summed E-state index contributed by atoms with van der Waals surface area (Å²) in [6.45, 7) is 1.61. The summed E-state index contributed by atoms with van der Waals surface area (Å²) >= 11 is 11.9. The normalized spacial score (nSPS) is 11.0. The highest BCUT2D eigenvalue weighted by Gasteiger charge is 2.17. The average Bonchev–Trinajstić information content (AvgIpc) is 3.35. The number of amides is 2. The summed E-state index contributed by atoms with van der Waals surface area (Å²) in [5.74, 6) is -2.22. The SMILES string of the molecule is COc1cc(/C(C)=N/NC(=O)C(=O)Nc2cccc(Cl)c2Cl)ccc1OC(=O)c1ccco1. The van der Waals surface area contributed by atoms with Gasteiger partial charge in [-0.2, -0.15) is 5.10 Å². The van der Waals surface area contributed by atoms with Crippen LogP contribution in [0.2, 0.25) is 10.0 Å². The number of halogens is 2. The maximum atomic E-state index is 12.1. The van der Waals surface area contributed by atoms with Gasteiger partial charge in [-0.05, 0) is 49.4 Å². The molecular weight excluding hydrogens is 473 g/mol. The molecule has 0 aliphatic carbocycles. The lowest BCUT2D eigenvalue weighted by Gasteiger charge is -2.10. The molecule has 170 valence electrons. The molecule has 0 aliphatic heterocycles. The van der Waals surface area contributed by atoms with Gasteiger partial charge in [0.15, 0.2) is 11.5 Å². The van der Waals surface area contributed by atoms with E-state index in [0.29, 0.717) is 11.3 Å². The number of rotatable bonds is 6. The van der Waals surface area contributed by atoms with Crippen LogP contribution in [0.15, 0.2) is 64.3 Å². The number of nitrogens with one attached hydrogen (secondary N) is 2. The van der Waals surface area contributed by atoms with E-state index in [1.54, 1.807) is 37.3 Å². The molecule has 9 nitrogen and oxygen atoms in total. The largest absolute Gasteiger partial charge is 0.493 e. The summed E-state index contributed by atoms with van der Waals surface area (Å²) in [6, 6.07) is 12.3. The van der Waals surface area contributed by atoms with Crippen molar-refractivity contribution in [2.24, 2.45) is 5.10 Å². The molecule has 11 heteroatoms. The first kappa shape index (κ1) is 23.8. The maximum absolute atomic E-state index is 12.1. The van der Waals surface area contributed by atoms with Crippen LogP contribution in [-0.2, 0) is 9.59 Å². The number of anilines is 1. The Morgan fingerprint density at radius 1 is 1.00 bits per heavy atom. The zero-order valence-electron chi connectivity index (χ0n) is 17.3. The highest BCUT2D eigenvalue weighted by molar-refractivity contribution is 6.45. The lowest BCUT2D eigenvalue weighted by Crippen LogP contribution is -2.33. The van der Waals surface area contributed by atoms with Crippen molar-refractivity contribution in [1.29, 1.82) is 0 Å². The van der Waals surface area contributed by atoms with Gasteiger partial charge in [0.05, 0.1) is 34.8 Å². The second kappa shape index (κ2) is 10.7. The van der Waals surface area contributed by atoms with E-state index >= 15 is 0 Å². The predicted molar refractivity (Wildman–Crippen MR) is 122 cm³/mol. The molecular formula is C22H17Cl2N3O6. The molecule has 1 heterocycles. The molecule has 2 aromatic carbocycles. The molecule has 0 bridgehead atoms. The molecule has 2 N–H and O–H groups in total. The Morgan fingerprint density at radius 2 is 1.79 bits per heavy atom. The van der Waals surface area contributed by atoms with Gasteiger partial charge in [0.1, 0.15) is 0 Å². The quantitative estimate of drug-likeness (QED) is 0.175. The van der Waals surface area contributed by atoms with Crippen LogP contribution in [0.3, 0.4) is 0 Å². The lowest BCUT2D eigenvalue weighted by atomic mass is 10.1. The fraction of sp³-hybridized carbons (Fsp3) is 0.0909. The molecule has 0 atom stereocenters. The zero-order chi connectivity index (χ0) is 24.0. The topological polar surface area (TPSA) is 119 Å². The van der Waals surface area contributed by atoms with Gasteiger partial charge in [-0.3, -0.25) is 9.59 Å². The van der Waals surface area contributed by atoms with Crippen LogP contribution in [-0.4, -0.2) is 30.6 Å². The van der Waals surface area contributed by atoms with Gasteiger partial charge in [-0.25, -0.2) is 10.2 Å². The number of methoxy groups -OCH3 is 1. The summed E-state index contributed by atoms with van der Waals surface area (Å²) in [5, 5.41) is 6.62. The number of hydrogen-bond donors (Lipinski definition) is 2. The van der Waals surface area contributed by atoms with E-state index in [0.717, 1.165) is 0 Å². The molecule has 0 fully saturated rings. The summed E-state index contributed by atoms with van der Waals surface area (Å²) in [5.41, 5.74) is 3.25. The van der Waals surface area contributed by atoms with Crippen molar-refractivity contribution in [3.8, 4) is 11.5 Å². The van der Waals surface area contributed by atoms with Crippen LogP contribution in [0.4, 0.5) is 5.69 Å². The van der Waals surface area contributed by atoms with Crippen LogP contribution in [0, 0.1) is 0 Å². The number of ether oxygens (including phenoxy) is 2. The number of hydrogen-bond acceptors (Lipinski definition) is 7. The van der Waals surface area contributed by atoms with E-state index in [1.165, 1.54) is 31.6 Å². The van der Waals surface area contributed by atoms with Gasteiger partial charge < -0.3 is 19.2 Å². The van der Waals surface area contributed by atoms with Gasteiger partial charge in [-0.1, -0.05) is 29.3 Å². The minimum atomic E-state index is -1.01. The standard InChI is InChI=1S/C22H17Cl2N3O6/c1-12(26-27-21(29)20(28)25-15-6-3-5-14(23)19(15)24)13-8-9-16(18(11-13)31-2)33-22(30)17-7-4-10-32-17/h3-11H,1-2H3,(H,25,28)(H,27,29)/b26-12+. The highest BCUT2D eigenvalue weighted by atomic mass is 35.5. The maximum Gasteiger partial charge on any atom is 0.379 e. The van der Waals surface area contributed by atoms with Gasteiger partial charge in [0.2, 0.25) is 5.76 Å². The van der Waals surface area contributed by atoms with Crippen molar-refractivity contribution in [3.05, 3.63) is 76.2 Å². The summed E-state index contributed by atoms with van der Waals surface area (Å²) in [6.07, 6.45) is 1.36. The Balaban J connectivity index is 1.67. The first-order valence-corrected chi connectivity index (χ1v) is 10.1. The Labute approximate surface area is 198 Å². The molecule has 0 spiro atoms. The van der Waals surface area contributed by atoms with Crippen molar-refractivity contribution in [2.75, 3.05) is 12.4 Å². The van der Waals surface area contributed by atoms with Gasteiger partial charge in [0, 0.05) is 5.56 Å². The Kier molecular flexibility index (Phi) is 7.70. The van der Waals surface area contributed by atoms with Crippen LogP contribution in [0.5, 0.6) is 11.5 Å². The molecule has 3 rings (SSSR count). The minimum absolute atomic E-state index is 0.0407. The Morgan fingerprint density at radius 3 is 2.48 bits per heavy atom. The molecule has 0 unspecified atom stereocenters. The predicted octanol–water partition coefficient (Wildman–Crippen LogP) is 4.29. The number of carbonyl (C=O) groups excluding carboxylic acids is 3. The number of esters is 1. The molecule has 0 saturated carbocycles. The molecule has 0 aliphatic rings. The van der Waals surface area contributed by atoms with Crippen molar-refractivity contribution >= 4 is 52.4 Å². The monoisotopic (exact) mass is 489 g/mol. The van der Waals surface area contributed by atoms with E-state index < -0.39 is 17.8 Å². The van der Waals surface area contributed by atoms with E-state index in [4.69, 9.17) is 37.1 Å². The summed E-state index contributed by atoms with van der Waals surface area (Å²) in [4.78, 5) is 36.3. The minimum Gasteiger partial charge on any atom is -0.493 e. The van der Waals surface area contributed by atoms with Crippen molar-refractivity contribution < 1.29 is 28.3 Å². The van der Waals surface area contributed by atoms with Gasteiger partial charge >= 0.3 is 17.8 Å². The molecule has 0 saturated heterocycles.